The van der Waals surface area contributed by atoms with E-state index in [1.54, 1.807) is 19.1 Å². The van der Waals surface area contributed by atoms with Crippen LogP contribution < -0.4 is 5.32 Å². The molecule has 1 unspecified atom stereocenters. The van der Waals surface area contributed by atoms with Gasteiger partial charge < -0.3 is 5.32 Å². The van der Waals surface area contributed by atoms with Gasteiger partial charge in [0, 0.05) is 13.0 Å². The summed E-state index contributed by atoms with van der Waals surface area (Å²) in [7, 11) is 0. The van der Waals surface area contributed by atoms with Crippen molar-refractivity contribution in [3.05, 3.63) is 35.4 Å². The van der Waals surface area contributed by atoms with E-state index in [0.29, 0.717) is 12.1 Å². The summed E-state index contributed by atoms with van der Waals surface area (Å²) in [6.07, 6.45) is -0.0859. The van der Waals surface area contributed by atoms with Crippen LogP contribution in [0.25, 0.3) is 0 Å². The monoisotopic (exact) mass is 211 g/mol. The zero-order valence-electron chi connectivity index (χ0n) is 8.98. The third kappa shape index (κ3) is 1.55. The van der Waals surface area contributed by atoms with Crippen LogP contribution in [0.3, 0.4) is 0 Å². The number of hydrogen-bond donors (Lipinski definition) is 1. The van der Waals surface area contributed by atoms with E-state index in [9.17, 15) is 8.78 Å². The van der Waals surface area contributed by atoms with Crippen LogP contribution in [0, 0.1) is 6.92 Å². The predicted molar refractivity (Wildman–Crippen MR) is 56.1 cm³/mol. The van der Waals surface area contributed by atoms with Gasteiger partial charge in [-0.15, -0.1) is 0 Å². The lowest BCUT2D eigenvalue weighted by atomic mass is 9.87. The molecule has 0 saturated carbocycles. The summed E-state index contributed by atoms with van der Waals surface area (Å²) in [5.74, 6) is -2.66. The Morgan fingerprint density at radius 2 is 1.80 bits per heavy atom. The molecule has 1 saturated heterocycles. The van der Waals surface area contributed by atoms with Crippen LogP contribution in [-0.2, 0) is 5.54 Å². The molecule has 2 rings (SSSR count). The molecule has 1 N–H and O–H groups in total. The number of alkyl halides is 2. The molecule has 1 heterocycles. The molecule has 1 nitrogen and oxygen atoms in total. The Kier molecular flexibility index (Phi) is 2.30. The van der Waals surface area contributed by atoms with E-state index >= 15 is 0 Å². The highest BCUT2D eigenvalue weighted by Gasteiger charge is 2.54. The number of rotatable bonds is 1. The first kappa shape index (κ1) is 10.6. The fraction of sp³-hybridized carbons (Fsp3) is 0.500. The average molecular weight is 211 g/mol. The summed E-state index contributed by atoms with van der Waals surface area (Å²) in [5, 5.41) is 2.91. The molecule has 1 aliphatic rings. The first-order valence-corrected chi connectivity index (χ1v) is 5.16. The lowest BCUT2D eigenvalue weighted by Gasteiger charge is -2.31. The Labute approximate surface area is 88.5 Å². The summed E-state index contributed by atoms with van der Waals surface area (Å²) in [5.41, 5.74) is 0.542. The van der Waals surface area contributed by atoms with Crippen molar-refractivity contribution in [2.24, 2.45) is 0 Å². The Bertz CT molecular complexity index is 358. The van der Waals surface area contributed by atoms with Crippen LogP contribution >= 0.6 is 0 Å². The third-order valence-electron chi connectivity index (χ3n) is 3.28. The molecule has 0 spiro atoms. The van der Waals surface area contributed by atoms with Crippen molar-refractivity contribution in [2.75, 3.05) is 6.54 Å². The first-order chi connectivity index (χ1) is 6.96. The average Bonchev–Trinajstić information content (AvgIpc) is 2.43. The van der Waals surface area contributed by atoms with Gasteiger partial charge >= 0.3 is 0 Å². The lowest BCUT2D eigenvalue weighted by molar-refractivity contribution is -0.0559. The van der Waals surface area contributed by atoms with Gasteiger partial charge in [-0.25, -0.2) is 8.78 Å². The van der Waals surface area contributed by atoms with Gasteiger partial charge in [0.2, 0.25) is 0 Å². The Hall–Kier alpha value is -0.960. The molecular formula is C12H15F2N. The minimum absolute atomic E-state index is 0.0859. The summed E-state index contributed by atoms with van der Waals surface area (Å²) < 4.78 is 27.4. The Morgan fingerprint density at radius 3 is 2.27 bits per heavy atom. The van der Waals surface area contributed by atoms with Crippen LogP contribution in [0.1, 0.15) is 24.5 Å². The summed E-state index contributed by atoms with van der Waals surface area (Å²) in [6, 6.07) is 7.30. The molecule has 0 aromatic heterocycles. The molecule has 0 amide bonds. The van der Waals surface area contributed by atoms with Gasteiger partial charge in [-0.1, -0.05) is 29.8 Å². The maximum absolute atomic E-state index is 13.7. The zero-order valence-corrected chi connectivity index (χ0v) is 8.98. The normalized spacial score (nSPS) is 29.3. The molecule has 0 aliphatic carbocycles. The molecule has 1 aliphatic heterocycles. The van der Waals surface area contributed by atoms with Crippen molar-refractivity contribution in [1.82, 2.24) is 5.32 Å². The third-order valence-corrected chi connectivity index (χ3v) is 3.28. The lowest BCUT2D eigenvalue weighted by Crippen LogP contribution is -2.46. The number of nitrogens with one attached hydrogen (secondary N) is 1. The van der Waals surface area contributed by atoms with Gasteiger partial charge in [-0.3, -0.25) is 0 Å². The molecule has 3 heteroatoms. The van der Waals surface area contributed by atoms with E-state index < -0.39 is 11.5 Å². The maximum atomic E-state index is 13.7. The van der Waals surface area contributed by atoms with E-state index in [0.717, 1.165) is 5.56 Å². The molecule has 15 heavy (non-hydrogen) atoms. The number of hydrogen-bond acceptors (Lipinski definition) is 1. The fourth-order valence-electron chi connectivity index (χ4n) is 2.05. The SMILES string of the molecule is Cc1ccc(C2(C)NCCC2(F)F)cc1. The van der Waals surface area contributed by atoms with Gasteiger partial charge in [0.25, 0.3) is 5.92 Å². The molecule has 82 valence electrons. The minimum Gasteiger partial charge on any atom is -0.302 e. The van der Waals surface area contributed by atoms with Gasteiger partial charge in [0.15, 0.2) is 0 Å². The van der Waals surface area contributed by atoms with Crippen LogP contribution in [0.4, 0.5) is 8.78 Å². The zero-order chi connectivity index (χ0) is 11.1. The Balaban J connectivity index is 2.41. The molecule has 1 atom stereocenters. The Morgan fingerprint density at radius 1 is 1.20 bits per heavy atom. The molecule has 1 aromatic carbocycles. The van der Waals surface area contributed by atoms with Crippen LogP contribution in [-0.4, -0.2) is 12.5 Å². The van der Waals surface area contributed by atoms with E-state index in [1.807, 2.05) is 19.1 Å². The maximum Gasteiger partial charge on any atom is 0.270 e. The van der Waals surface area contributed by atoms with Crippen LogP contribution in [0.5, 0.6) is 0 Å². The molecule has 0 bridgehead atoms. The van der Waals surface area contributed by atoms with Gasteiger partial charge in [-0.05, 0) is 19.4 Å². The highest BCUT2D eigenvalue weighted by atomic mass is 19.3. The van der Waals surface area contributed by atoms with E-state index in [4.69, 9.17) is 0 Å². The molecule has 1 aromatic rings. The summed E-state index contributed by atoms with van der Waals surface area (Å²) in [6.45, 7) is 3.90. The standard InChI is InChI=1S/C12H15F2N/c1-9-3-5-10(6-4-9)11(2)12(13,14)7-8-15-11/h3-6,15H,7-8H2,1-2H3. The van der Waals surface area contributed by atoms with Crippen molar-refractivity contribution in [3.63, 3.8) is 0 Å². The van der Waals surface area contributed by atoms with Gasteiger partial charge in [-0.2, -0.15) is 0 Å². The second kappa shape index (κ2) is 3.27. The molecular weight excluding hydrogens is 196 g/mol. The van der Waals surface area contributed by atoms with Crippen molar-refractivity contribution < 1.29 is 8.78 Å². The summed E-state index contributed by atoms with van der Waals surface area (Å²) in [4.78, 5) is 0. The van der Waals surface area contributed by atoms with E-state index in [2.05, 4.69) is 5.32 Å². The quantitative estimate of drug-likeness (QED) is 0.753. The van der Waals surface area contributed by atoms with E-state index in [-0.39, 0.29) is 6.42 Å². The van der Waals surface area contributed by atoms with Crippen molar-refractivity contribution >= 4 is 0 Å². The fourth-order valence-corrected chi connectivity index (χ4v) is 2.05. The molecule has 0 radical (unpaired) electrons. The summed E-state index contributed by atoms with van der Waals surface area (Å²) >= 11 is 0. The van der Waals surface area contributed by atoms with Gasteiger partial charge in [0.1, 0.15) is 5.54 Å². The topological polar surface area (TPSA) is 12.0 Å². The smallest absolute Gasteiger partial charge is 0.270 e. The van der Waals surface area contributed by atoms with Crippen LogP contribution in [0.2, 0.25) is 0 Å². The largest absolute Gasteiger partial charge is 0.302 e. The highest BCUT2D eigenvalue weighted by molar-refractivity contribution is 5.31. The number of benzene rings is 1. The minimum atomic E-state index is -2.66. The molecule has 1 fully saturated rings. The van der Waals surface area contributed by atoms with Crippen molar-refractivity contribution in [2.45, 2.75) is 31.7 Å². The second-order valence-corrected chi connectivity index (χ2v) is 4.37. The van der Waals surface area contributed by atoms with Crippen molar-refractivity contribution in [1.29, 1.82) is 0 Å². The number of halogens is 2. The highest BCUT2D eigenvalue weighted by Crippen LogP contribution is 2.43. The second-order valence-electron chi connectivity index (χ2n) is 4.37. The van der Waals surface area contributed by atoms with Crippen molar-refractivity contribution in [3.8, 4) is 0 Å². The van der Waals surface area contributed by atoms with Gasteiger partial charge in [0.05, 0.1) is 0 Å². The van der Waals surface area contributed by atoms with E-state index in [1.165, 1.54) is 0 Å². The predicted octanol–water partition coefficient (Wildman–Crippen LogP) is 2.84. The first-order valence-electron chi connectivity index (χ1n) is 5.16. The van der Waals surface area contributed by atoms with Crippen LogP contribution in [0.15, 0.2) is 24.3 Å². The number of aryl methyl sites for hydroxylation is 1.